The standard InChI is InChI=1S/C28H35FN2O3/c1-6-30(7-2)26(32)22-13-11-20(12-14-22)25(23-9-8-10-24(29)19-23)21-15-17-31(18-16-21)27(33)34-28(3,4)5/h8-14,19H,6-7,15-18H2,1-5H3. The first-order valence-electron chi connectivity index (χ1n) is 12.0. The van der Waals surface area contributed by atoms with Crippen LogP contribution in [0.5, 0.6) is 0 Å². The number of hydrogen-bond acceptors (Lipinski definition) is 3. The molecule has 6 heteroatoms. The van der Waals surface area contributed by atoms with Crippen LogP contribution in [-0.2, 0) is 4.74 Å². The van der Waals surface area contributed by atoms with E-state index in [0.29, 0.717) is 44.6 Å². The molecular formula is C28H35FN2O3. The molecule has 0 aliphatic carbocycles. The first-order chi connectivity index (χ1) is 16.1. The number of ether oxygens (including phenoxy) is 1. The number of nitrogens with zero attached hydrogens (tertiary/aromatic N) is 2. The fourth-order valence-corrected chi connectivity index (χ4v) is 4.23. The monoisotopic (exact) mass is 466 g/mol. The zero-order valence-corrected chi connectivity index (χ0v) is 20.9. The van der Waals surface area contributed by atoms with Crippen LogP contribution in [0.4, 0.5) is 9.18 Å². The number of carbonyl (C=O) groups is 2. The van der Waals surface area contributed by atoms with Gasteiger partial charge >= 0.3 is 6.09 Å². The van der Waals surface area contributed by atoms with Crippen LogP contribution in [0.1, 0.15) is 68.9 Å². The lowest BCUT2D eigenvalue weighted by molar-refractivity contribution is 0.0236. The van der Waals surface area contributed by atoms with Gasteiger partial charge in [0.25, 0.3) is 5.91 Å². The number of benzene rings is 2. The van der Waals surface area contributed by atoms with Gasteiger partial charge in [-0.1, -0.05) is 29.8 Å². The molecule has 0 spiro atoms. The van der Waals surface area contributed by atoms with E-state index >= 15 is 0 Å². The number of carbonyl (C=O) groups excluding carboxylic acids is 2. The molecule has 0 bridgehead atoms. The average Bonchev–Trinajstić information content (AvgIpc) is 2.80. The van der Waals surface area contributed by atoms with E-state index in [4.69, 9.17) is 4.74 Å². The molecule has 0 atom stereocenters. The van der Waals surface area contributed by atoms with Gasteiger partial charge in [0.15, 0.2) is 0 Å². The number of halogens is 1. The third-order valence-corrected chi connectivity index (χ3v) is 5.96. The molecule has 182 valence electrons. The molecule has 2 aromatic carbocycles. The Morgan fingerprint density at radius 2 is 1.53 bits per heavy atom. The van der Waals surface area contributed by atoms with Crippen LogP contribution in [0.15, 0.2) is 54.1 Å². The van der Waals surface area contributed by atoms with Crippen molar-refractivity contribution in [1.29, 1.82) is 0 Å². The van der Waals surface area contributed by atoms with Gasteiger partial charge in [-0.05, 0) is 88.4 Å². The maximum atomic E-state index is 14.1. The van der Waals surface area contributed by atoms with E-state index < -0.39 is 5.60 Å². The van der Waals surface area contributed by atoms with Gasteiger partial charge < -0.3 is 14.5 Å². The van der Waals surface area contributed by atoms with Gasteiger partial charge in [0.1, 0.15) is 11.4 Å². The van der Waals surface area contributed by atoms with Crippen molar-refractivity contribution in [2.45, 2.75) is 53.1 Å². The molecule has 0 saturated carbocycles. The van der Waals surface area contributed by atoms with Gasteiger partial charge in [-0.25, -0.2) is 9.18 Å². The van der Waals surface area contributed by atoms with Crippen LogP contribution < -0.4 is 0 Å². The van der Waals surface area contributed by atoms with Crippen molar-refractivity contribution < 1.29 is 18.7 Å². The second-order valence-electron chi connectivity index (χ2n) is 9.51. The Hall–Kier alpha value is -3.15. The molecule has 1 aliphatic rings. The summed E-state index contributed by atoms with van der Waals surface area (Å²) in [5.74, 6) is -0.294. The molecular weight excluding hydrogens is 431 g/mol. The van der Waals surface area contributed by atoms with E-state index in [2.05, 4.69) is 0 Å². The molecule has 0 aromatic heterocycles. The first-order valence-corrected chi connectivity index (χ1v) is 12.0. The lowest BCUT2D eigenvalue weighted by Gasteiger charge is -2.32. The maximum Gasteiger partial charge on any atom is 0.410 e. The number of likely N-dealkylation sites (tertiary alicyclic amines) is 1. The highest BCUT2D eigenvalue weighted by Gasteiger charge is 2.26. The van der Waals surface area contributed by atoms with Crippen molar-refractivity contribution in [1.82, 2.24) is 9.80 Å². The normalized spacial score (nSPS) is 14.1. The van der Waals surface area contributed by atoms with Crippen LogP contribution in [0.2, 0.25) is 0 Å². The fourth-order valence-electron chi connectivity index (χ4n) is 4.23. The summed E-state index contributed by atoms with van der Waals surface area (Å²) in [4.78, 5) is 28.7. The van der Waals surface area contributed by atoms with Crippen molar-refractivity contribution in [3.63, 3.8) is 0 Å². The van der Waals surface area contributed by atoms with E-state index in [1.807, 2.05) is 65.0 Å². The van der Waals surface area contributed by atoms with E-state index in [1.165, 1.54) is 12.1 Å². The lowest BCUT2D eigenvalue weighted by Crippen LogP contribution is -2.40. The Bertz CT molecular complexity index is 1040. The highest BCUT2D eigenvalue weighted by Crippen LogP contribution is 2.33. The zero-order valence-electron chi connectivity index (χ0n) is 20.9. The van der Waals surface area contributed by atoms with Gasteiger partial charge in [0.2, 0.25) is 0 Å². The number of hydrogen-bond donors (Lipinski definition) is 0. The molecule has 1 fully saturated rings. The molecule has 5 nitrogen and oxygen atoms in total. The van der Waals surface area contributed by atoms with Crippen LogP contribution >= 0.6 is 0 Å². The average molecular weight is 467 g/mol. The maximum absolute atomic E-state index is 14.1. The van der Waals surface area contributed by atoms with E-state index in [9.17, 15) is 14.0 Å². The SMILES string of the molecule is CCN(CC)C(=O)c1ccc(C(=C2CCN(C(=O)OC(C)(C)C)CC2)c2cccc(F)c2)cc1. The van der Waals surface area contributed by atoms with Gasteiger partial charge in [-0.15, -0.1) is 0 Å². The summed E-state index contributed by atoms with van der Waals surface area (Å²) in [6, 6.07) is 14.1. The van der Waals surface area contributed by atoms with Crippen LogP contribution in [0, 0.1) is 5.82 Å². The number of rotatable bonds is 5. The summed E-state index contributed by atoms with van der Waals surface area (Å²) in [6.07, 6.45) is 1.04. The van der Waals surface area contributed by atoms with E-state index in [-0.39, 0.29) is 17.8 Å². The smallest absolute Gasteiger partial charge is 0.410 e. The second-order valence-corrected chi connectivity index (χ2v) is 9.51. The van der Waals surface area contributed by atoms with Crippen molar-refractivity contribution in [2.75, 3.05) is 26.2 Å². The van der Waals surface area contributed by atoms with Crippen LogP contribution in [0.3, 0.4) is 0 Å². The minimum Gasteiger partial charge on any atom is -0.444 e. The molecule has 0 unspecified atom stereocenters. The van der Waals surface area contributed by atoms with Gasteiger partial charge in [0, 0.05) is 31.7 Å². The Labute approximate surface area is 202 Å². The summed E-state index contributed by atoms with van der Waals surface area (Å²) in [6.45, 7) is 11.9. The topological polar surface area (TPSA) is 49.9 Å². The van der Waals surface area contributed by atoms with Gasteiger partial charge in [-0.3, -0.25) is 4.79 Å². The summed E-state index contributed by atoms with van der Waals surface area (Å²) >= 11 is 0. The molecule has 0 radical (unpaired) electrons. The highest BCUT2D eigenvalue weighted by molar-refractivity contribution is 5.95. The molecule has 1 saturated heterocycles. The van der Waals surface area contributed by atoms with Crippen molar-refractivity contribution in [3.05, 3.63) is 76.6 Å². The molecule has 2 amide bonds. The lowest BCUT2D eigenvalue weighted by atomic mass is 9.88. The minimum atomic E-state index is -0.537. The van der Waals surface area contributed by atoms with E-state index in [0.717, 1.165) is 22.3 Å². The Balaban J connectivity index is 1.91. The Kier molecular flexibility index (Phi) is 8.13. The molecule has 0 N–H and O–H groups in total. The third kappa shape index (κ3) is 6.25. The predicted octanol–water partition coefficient (Wildman–Crippen LogP) is 6.14. The molecule has 1 aliphatic heterocycles. The summed E-state index contributed by atoms with van der Waals surface area (Å²) in [7, 11) is 0. The number of amides is 2. The molecule has 2 aromatic rings. The fraction of sp³-hybridized carbons (Fsp3) is 0.429. The van der Waals surface area contributed by atoms with Crippen LogP contribution in [0.25, 0.3) is 5.57 Å². The third-order valence-electron chi connectivity index (χ3n) is 5.96. The second kappa shape index (κ2) is 10.9. The summed E-state index contributed by atoms with van der Waals surface area (Å²) < 4.78 is 19.6. The highest BCUT2D eigenvalue weighted by atomic mass is 19.1. The Morgan fingerprint density at radius 3 is 2.06 bits per heavy atom. The first kappa shape index (κ1) is 25.5. The van der Waals surface area contributed by atoms with Gasteiger partial charge in [0.05, 0.1) is 0 Å². The molecule has 34 heavy (non-hydrogen) atoms. The summed E-state index contributed by atoms with van der Waals surface area (Å²) in [5.41, 5.74) is 3.95. The Morgan fingerprint density at radius 1 is 0.941 bits per heavy atom. The van der Waals surface area contributed by atoms with E-state index in [1.54, 1.807) is 15.9 Å². The number of piperidine rings is 1. The largest absolute Gasteiger partial charge is 0.444 e. The van der Waals surface area contributed by atoms with Crippen LogP contribution in [-0.4, -0.2) is 53.6 Å². The van der Waals surface area contributed by atoms with Crippen molar-refractivity contribution >= 4 is 17.6 Å². The minimum absolute atomic E-state index is 0.00202. The predicted molar refractivity (Wildman–Crippen MR) is 133 cm³/mol. The van der Waals surface area contributed by atoms with Crippen molar-refractivity contribution in [2.24, 2.45) is 0 Å². The summed E-state index contributed by atoms with van der Waals surface area (Å²) in [5, 5.41) is 0. The van der Waals surface area contributed by atoms with Crippen molar-refractivity contribution in [3.8, 4) is 0 Å². The molecule has 1 heterocycles. The van der Waals surface area contributed by atoms with Gasteiger partial charge in [-0.2, -0.15) is 0 Å². The quantitative estimate of drug-likeness (QED) is 0.532. The molecule has 3 rings (SSSR count). The zero-order chi connectivity index (χ0) is 24.9.